The number of piperidine rings is 1. The molecule has 2 rings (SSSR count). The van der Waals surface area contributed by atoms with Crippen molar-refractivity contribution in [2.75, 3.05) is 33.7 Å². The molecule has 26 heavy (non-hydrogen) atoms. The van der Waals surface area contributed by atoms with E-state index in [0.717, 1.165) is 0 Å². The number of carboxylic acid groups (broad SMARTS) is 1. The molecule has 0 radical (unpaired) electrons. The van der Waals surface area contributed by atoms with E-state index in [-0.39, 0.29) is 24.6 Å². The summed E-state index contributed by atoms with van der Waals surface area (Å²) in [5.41, 5.74) is -0.103. The fourth-order valence-electron chi connectivity index (χ4n) is 3.36. The number of urea groups is 1. The van der Waals surface area contributed by atoms with Crippen molar-refractivity contribution in [2.45, 2.75) is 19.4 Å². The number of aliphatic carboxylic acids is 1. The number of carboxylic acids is 1. The summed E-state index contributed by atoms with van der Waals surface area (Å²) >= 11 is 0. The zero-order valence-electron chi connectivity index (χ0n) is 15.2. The third-order valence-corrected chi connectivity index (χ3v) is 4.70. The highest BCUT2D eigenvalue weighted by atomic mass is 19.1. The van der Waals surface area contributed by atoms with Crippen LogP contribution in [0.2, 0.25) is 0 Å². The second-order valence-electron chi connectivity index (χ2n) is 7.08. The lowest BCUT2D eigenvalue weighted by atomic mass is 9.91. The molecule has 1 aromatic rings. The van der Waals surface area contributed by atoms with Crippen LogP contribution in [0.3, 0.4) is 0 Å². The summed E-state index contributed by atoms with van der Waals surface area (Å²) in [5.74, 6) is -2.79. The average molecular weight is 369 g/mol. The molecular formula is C18H25F2N3O3. The summed E-state index contributed by atoms with van der Waals surface area (Å²) in [6, 6.07) is 2.55. The Hall–Kier alpha value is -2.22. The number of hydrogen-bond acceptors (Lipinski definition) is 3. The summed E-state index contributed by atoms with van der Waals surface area (Å²) in [6.07, 6.45) is 0.528. The Morgan fingerprint density at radius 3 is 2.46 bits per heavy atom. The first-order chi connectivity index (χ1) is 12.2. The normalized spacial score (nSPS) is 21.5. The monoisotopic (exact) mass is 369 g/mol. The van der Waals surface area contributed by atoms with E-state index in [9.17, 15) is 23.5 Å². The summed E-state index contributed by atoms with van der Waals surface area (Å²) in [5, 5.41) is 11.9. The third kappa shape index (κ3) is 4.69. The SMILES string of the molecule is CC1CC(C(=O)O)CN(C(=O)NCC(c2c(F)cccc2F)N(C)C)C1. The van der Waals surface area contributed by atoms with Gasteiger partial charge in [0, 0.05) is 25.2 Å². The number of halogens is 2. The van der Waals surface area contributed by atoms with Gasteiger partial charge in [-0.2, -0.15) is 0 Å². The molecule has 2 amide bonds. The molecule has 0 aliphatic carbocycles. The van der Waals surface area contributed by atoms with E-state index in [1.807, 2.05) is 6.92 Å². The van der Waals surface area contributed by atoms with Gasteiger partial charge in [0.15, 0.2) is 0 Å². The van der Waals surface area contributed by atoms with Crippen LogP contribution < -0.4 is 5.32 Å². The van der Waals surface area contributed by atoms with E-state index in [4.69, 9.17) is 0 Å². The van der Waals surface area contributed by atoms with E-state index < -0.39 is 35.6 Å². The summed E-state index contributed by atoms with van der Waals surface area (Å²) in [7, 11) is 3.35. The van der Waals surface area contributed by atoms with Crippen LogP contribution in [0.5, 0.6) is 0 Å². The number of hydrogen-bond donors (Lipinski definition) is 2. The second kappa shape index (κ2) is 8.44. The van der Waals surface area contributed by atoms with Crippen LogP contribution in [0.1, 0.15) is 24.9 Å². The molecule has 3 atom stereocenters. The molecule has 144 valence electrons. The molecule has 1 aliphatic rings. The molecule has 0 saturated carbocycles. The average Bonchev–Trinajstić information content (AvgIpc) is 2.56. The molecule has 1 aliphatic heterocycles. The molecule has 1 aromatic carbocycles. The summed E-state index contributed by atoms with van der Waals surface area (Å²) < 4.78 is 28.2. The maximum Gasteiger partial charge on any atom is 0.317 e. The molecule has 1 saturated heterocycles. The van der Waals surface area contributed by atoms with E-state index >= 15 is 0 Å². The Labute approximate surface area is 151 Å². The van der Waals surface area contributed by atoms with E-state index in [2.05, 4.69) is 5.32 Å². The highest BCUT2D eigenvalue weighted by Gasteiger charge is 2.32. The van der Waals surface area contributed by atoms with Crippen LogP contribution in [0.15, 0.2) is 18.2 Å². The second-order valence-corrected chi connectivity index (χ2v) is 7.08. The smallest absolute Gasteiger partial charge is 0.317 e. The maximum absolute atomic E-state index is 14.1. The zero-order valence-corrected chi connectivity index (χ0v) is 15.2. The van der Waals surface area contributed by atoms with Crippen molar-refractivity contribution in [1.29, 1.82) is 0 Å². The molecular weight excluding hydrogens is 344 g/mol. The van der Waals surface area contributed by atoms with Crippen molar-refractivity contribution in [1.82, 2.24) is 15.1 Å². The first-order valence-electron chi connectivity index (χ1n) is 8.56. The van der Waals surface area contributed by atoms with Gasteiger partial charge in [0.25, 0.3) is 0 Å². The fourth-order valence-corrected chi connectivity index (χ4v) is 3.36. The standard InChI is InChI=1S/C18H25F2N3O3/c1-11-7-12(17(24)25)10-23(9-11)18(26)21-8-15(22(2)3)16-13(19)5-4-6-14(16)20/h4-6,11-12,15H,7-10H2,1-3H3,(H,21,26)(H,24,25). The Kier molecular flexibility index (Phi) is 6.52. The van der Waals surface area contributed by atoms with Gasteiger partial charge in [0.1, 0.15) is 11.6 Å². The number of nitrogens with one attached hydrogen (secondary N) is 1. The Morgan fingerprint density at radius 2 is 1.92 bits per heavy atom. The molecule has 6 nitrogen and oxygen atoms in total. The molecule has 1 heterocycles. The molecule has 0 spiro atoms. The van der Waals surface area contributed by atoms with E-state index in [1.165, 1.54) is 23.1 Å². The van der Waals surface area contributed by atoms with Crippen molar-refractivity contribution in [2.24, 2.45) is 11.8 Å². The van der Waals surface area contributed by atoms with Gasteiger partial charge in [-0.25, -0.2) is 13.6 Å². The van der Waals surface area contributed by atoms with E-state index in [0.29, 0.717) is 13.0 Å². The molecule has 0 aromatic heterocycles. The van der Waals surface area contributed by atoms with Crippen LogP contribution in [0.4, 0.5) is 13.6 Å². The van der Waals surface area contributed by atoms with Gasteiger partial charge in [-0.15, -0.1) is 0 Å². The Bertz CT molecular complexity index is 649. The van der Waals surface area contributed by atoms with Gasteiger partial charge < -0.3 is 20.2 Å². The predicted molar refractivity (Wildman–Crippen MR) is 92.7 cm³/mol. The third-order valence-electron chi connectivity index (χ3n) is 4.70. The van der Waals surface area contributed by atoms with Gasteiger partial charge in [-0.1, -0.05) is 13.0 Å². The van der Waals surface area contributed by atoms with Crippen LogP contribution in [0.25, 0.3) is 0 Å². The number of amides is 2. The molecule has 3 unspecified atom stereocenters. The minimum atomic E-state index is -0.922. The van der Waals surface area contributed by atoms with Crippen molar-refractivity contribution < 1.29 is 23.5 Å². The molecule has 1 fully saturated rings. The number of rotatable bonds is 5. The lowest BCUT2D eigenvalue weighted by molar-refractivity contribution is -0.143. The minimum absolute atomic E-state index is 0.00626. The van der Waals surface area contributed by atoms with E-state index in [1.54, 1.807) is 19.0 Å². The van der Waals surface area contributed by atoms with Gasteiger partial charge in [0.2, 0.25) is 0 Å². The number of carbonyl (C=O) groups is 2. The van der Waals surface area contributed by atoms with Crippen LogP contribution in [0, 0.1) is 23.5 Å². The molecule has 0 bridgehead atoms. The quantitative estimate of drug-likeness (QED) is 0.836. The summed E-state index contributed by atoms with van der Waals surface area (Å²) in [6.45, 7) is 2.49. The van der Waals surface area contributed by atoms with Gasteiger partial charge in [-0.05, 0) is 38.6 Å². The lowest BCUT2D eigenvalue weighted by Crippen LogP contribution is -2.50. The number of nitrogens with zero attached hydrogens (tertiary/aromatic N) is 2. The zero-order chi connectivity index (χ0) is 19.4. The van der Waals surface area contributed by atoms with Gasteiger partial charge in [0.05, 0.1) is 12.0 Å². The number of likely N-dealkylation sites (N-methyl/N-ethyl adjacent to an activating group) is 1. The molecule has 2 N–H and O–H groups in total. The number of benzene rings is 1. The Balaban J connectivity index is 2.07. The van der Waals surface area contributed by atoms with Crippen LogP contribution in [-0.2, 0) is 4.79 Å². The lowest BCUT2D eigenvalue weighted by Gasteiger charge is -2.35. The predicted octanol–water partition coefficient (Wildman–Crippen LogP) is 2.32. The maximum atomic E-state index is 14.1. The topological polar surface area (TPSA) is 72.9 Å². The minimum Gasteiger partial charge on any atom is -0.481 e. The molecule has 8 heteroatoms. The van der Waals surface area contributed by atoms with Crippen molar-refractivity contribution in [3.63, 3.8) is 0 Å². The summed E-state index contributed by atoms with van der Waals surface area (Å²) in [4.78, 5) is 26.8. The number of likely N-dealkylation sites (tertiary alicyclic amines) is 1. The van der Waals surface area contributed by atoms with Gasteiger partial charge >= 0.3 is 12.0 Å². The number of carbonyl (C=O) groups excluding carboxylic acids is 1. The first kappa shape index (κ1) is 20.1. The van der Waals surface area contributed by atoms with Crippen molar-refractivity contribution in [3.8, 4) is 0 Å². The van der Waals surface area contributed by atoms with Crippen LogP contribution in [-0.4, -0.2) is 60.6 Å². The first-order valence-corrected chi connectivity index (χ1v) is 8.56. The fraction of sp³-hybridized carbons (Fsp3) is 0.556. The van der Waals surface area contributed by atoms with Crippen LogP contribution >= 0.6 is 0 Å². The Morgan fingerprint density at radius 1 is 1.31 bits per heavy atom. The highest BCUT2D eigenvalue weighted by Crippen LogP contribution is 2.25. The highest BCUT2D eigenvalue weighted by molar-refractivity contribution is 5.76. The van der Waals surface area contributed by atoms with Crippen molar-refractivity contribution >= 4 is 12.0 Å². The van der Waals surface area contributed by atoms with Gasteiger partial charge in [-0.3, -0.25) is 4.79 Å². The van der Waals surface area contributed by atoms with Crippen molar-refractivity contribution in [3.05, 3.63) is 35.4 Å². The largest absolute Gasteiger partial charge is 0.481 e.